The quantitative estimate of drug-likeness (QED) is 0.577. The zero-order valence-electron chi connectivity index (χ0n) is 16.0. The van der Waals surface area contributed by atoms with Crippen LogP contribution in [0.5, 0.6) is 5.75 Å². The molecule has 2 aromatic rings. The van der Waals surface area contributed by atoms with Crippen LogP contribution in [0.2, 0.25) is 5.02 Å². The van der Waals surface area contributed by atoms with Crippen LogP contribution in [0.4, 0.5) is 0 Å². The van der Waals surface area contributed by atoms with Crippen molar-refractivity contribution in [2.24, 2.45) is 11.8 Å². The number of benzene rings is 1. The molecular weight excluding hydrogens is 380 g/mol. The zero-order valence-corrected chi connectivity index (χ0v) is 17.6. The van der Waals surface area contributed by atoms with Crippen molar-refractivity contribution in [1.29, 1.82) is 0 Å². The summed E-state index contributed by atoms with van der Waals surface area (Å²) in [6, 6.07) is 7.31. The van der Waals surface area contributed by atoms with Gasteiger partial charge < -0.3 is 9.64 Å². The van der Waals surface area contributed by atoms with Gasteiger partial charge >= 0.3 is 0 Å². The molecule has 1 fully saturated rings. The molecule has 0 bridgehead atoms. The Kier molecular flexibility index (Phi) is 7.13. The average molecular weight is 407 g/mol. The molecule has 0 spiro atoms. The molecule has 1 aliphatic carbocycles. The first kappa shape index (κ1) is 20.2. The molecule has 0 aliphatic heterocycles. The molecule has 1 amide bonds. The first-order chi connectivity index (χ1) is 13.0. The third kappa shape index (κ3) is 5.94. The number of halogens is 1. The maximum atomic E-state index is 12.9. The molecule has 3 rings (SSSR count). The fourth-order valence-electron chi connectivity index (χ4n) is 3.46. The molecule has 27 heavy (non-hydrogen) atoms. The highest BCUT2D eigenvalue weighted by molar-refractivity contribution is 7.09. The van der Waals surface area contributed by atoms with E-state index in [9.17, 15) is 4.79 Å². The number of ether oxygens (including phenoxy) is 1. The van der Waals surface area contributed by atoms with Crippen molar-refractivity contribution in [3.8, 4) is 5.75 Å². The standard InChI is InChI=1S/C21H27ClN2O2S/c1-15(2)11-24(21(25)16-5-3-4-6-16)12-18-14-27-20(23-18)13-26-19-9-7-17(22)8-10-19/h7-10,14-16H,3-6,11-13H2,1-2H3. The van der Waals surface area contributed by atoms with E-state index in [1.165, 1.54) is 12.8 Å². The van der Waals surface area contributed by atoms with Crippen LogP contribution in [0.25, 0.3) is 0 Å². The number of nitrogens with zero attached hydrogens (tertiary/aromatic N) is 2. The van der Waals surface area contributed by atoms with Crippen LogP contribution in [-0.2, 0) is 17.9 Å². The molecule has 1 saturated carbocycles. The summed E-state index contributed by atoms with van der Waals surface area (Å²) in [5.41, 5.74) is 0.946. The van der Waals surface area contributed by atoms with Crippen molar-refractivity contribution in [1.82, 2.24) is 9.88 Å². The van der Waals surface area contributed by atoms with E-state index in [2.05, 4.69) is 18.8 Å². The van der Waals surface area contributed by atoms with Crippen molar-refractivity contribution in [2.45, 2.75) is 52.7 Å². The number of thiazole rings is 1. The number of carbonyl (C=O) groups is 1. The zero-order chi connectivity index (χ0) is 19.2. The Bertz CT molecular complexity index is 739. The molecule has 0 radical (unpaired) electrons. The minimum atomic E-state index is 0.204. The lowest BCUT2D eigenvalue weighted by molar-refractivity contribution is -0.136. The van der Waals surface area contributed by atoms with Crippen LogP contribution in [0.15, 0.2) is 29.6 Å². The summed E-state index contributed by atoms with van der Waals surface area (Å²) in [5, 5.41) is 3.64. The van der Waals surface area contributed by atoms with Crippen molar-refractivity contribution >= 4 is 28.8 Å². The molecule has 0 unspecified atom stereocenters. The van der Waals surface area contributed by atoms with E-state index in [-0.39, 0.29) is 5.92 Å². The molecule has 1 heterocycles. The first-order valence-corrected chi connectivity index (χ1v) is 10.9. The molecule has 6 heteroatoms. The SMILES string of the molecule is CC(C)CN(Cc1csc(COc2ccc(Cl)cc2)n1)C(=O)C1CCCC1. The lowest BCUT2D eigenvalue weighted by Gasteiger charge is -2.26. The van der Waals surface area contributed by atoms with Gasteiger partial charge in [-0.15, -0.1) is 11.3 Å². The molecule has 146 valence electrons. The van der Waals surface area contributed by atoms with Crippen molar-refractivity contribution in [3.63, 3.8) is 0 Å². The minimum Gasteiger partial charge on any atom is -0.486 e. The van der Waals surface area contributed by atoms with Gasteiger partial charge in [0.15, 0.2) is 0 Å². The summed E-state index contributed by atoms with van der Waals surface area (Å²) < 4.78 is 5.77. The van der Waals surface area contributed by atoms with Crippen LogP contribution in [-0.4, -0.2) is 22.3 Å². The van der Waals surface area contributed by atoms with E-state index >= 15 is 0 Å². The van der Waals surface area contributed by atoms with Crippen LogP contribution in [0, 0.1) is 11.8 Å². The van der Waals surface area contributed by atoms with Gasteiger partial charge in [-0.3, -0.25) is 4.79 Å². The second-order valence-electron chi connectivity index (χ2n) is 7.57. The average Bonchev–Trinajstić information content (AvgIpc) is 3.32. The highest BCUT2D eigenvalue weighted by atomic mass is 35.5. The topological polar surface area (TPSA) is 42.4 Å². The molecule has 1 aliphatic rings. The Morgan fingerprint density at radius 2 is 2.00 bits per heavy atom. The maximum absolute atomic E-state index is 12.9. The second kappa shape index (κ2) is 9.56. The Morgan fingerprint density at radius 1 is 1.30 bits per heavy atom. The first-order valence-electron chi connectivity index (χ1n) is 9.61. The molecule has 0 atom stereocenters. The van der Waals surface area contributed by atoms with E-state index in [0.717, 1.165) is 35.8 Å². The third-order valence-corrected chi connectivity index (χ3v) is 5.85. The van der Waals surface area contributed by atoms with Crippen molar-refractivity contribution in [3.05, 3.63) is 45.4 Å². The van der Waals surface area contributed by atoms with Crippen LogP contribution in [0.3, 0.4) is 0 Å². The largest absolute Gasteiger partial charge is 0.486 e. The molecule has 4 nitrogen and oxygen atoms in total. The predicted molar refractivity (Wildman–Crippen MR) is 110 cm³/mol. The number of amides is 1. The number of hydrogen-bond acceptors (Lipinski definition) is 4. The highest BCUT2D eigenvalue weighted by Crippen LogP contribution is 2.28. The van der Waals surface area contributed by atoms with Gasteiger partial charge in [0.2, 0.25) is 5.91 Å². The summed E-state index contributed by atoms with van der Waals surface area (Å²) in [6.07, 6.45) is 4.42. The van der Waals surface area contributed by atoms with Gasteiger partial charge in [0.25, 0.3) is 0 Å². The summed E-state index contributed by atoms with van der Waals surface area (Å²) in [6.45, 7) is 6.10. The second-order valence-corrected chi connectivity index (χ2v) is 8.95. The molecular formula is C21H27ClN2O2S. The smallest absolute Gasteiger partial charge is 0.226 e. The fourth-order valence-corrected chi connectivity index (χ4v) is 4.29. The molecule has 0 N–H and O–H groups in total. The maximum Gasteiger partial charge on any atom is 0.226 e. The minimum absolute atomic E-state index is 0.204. The Morgan fingerprint density at radius 3 is 2.67 bits per heavy atom. The summed E-state index contributed by atoms with van der Waals surface area (Å²) in [4.78, 5) is 19.6. The van der Waals surface area contributed by atoms with Gasteiger partial charge in [0, 0.05) is 22.9 Å². The summed E-state index contributed by atoms with van der Waals surface area (Å²) in [5.74, 6) is 1.72. The van der Waals surface area contributed by atoms with Crippen LogP contribution >= 0.6 is 22.9 Å². The van der Waals surface area contributed by atoms with E-state index in [1.807, 2.05) is 34.5 Å². The van der Waals surface area contributed by atoms with Gasteiger partial charge in [-0.2, -0.15) is 0 Å². The van der Waals surface area contributed by atoms with E-state index in [4.69, 9.17) is 16.3 Å². The van der Waals surface area contributed by atoms with Crippen LogP contribution < -0.4 is 4.74 Å². The third-order valence-electron chi connectivity index (χ3n) is 4.73. The van der Waals surface area contributed by atoms with E-state index < -0.39 is 0 Å². The lowest BCUT2D eigenvalue weighted by Crippen LogP contribution is -2.37. The Hall–Kier alpha value is -1.59. The number of aromatic nitrogens is 1. The van der Waals surface area contributed by atoms with Crippen LogP contribution in [0.1, 0.15) is 50.2 Å². The van der Waals surface area contributed by atoms with E-state index in [0.29, 0.717) is 30.0 Å². The molecule has 1 aromatic heterocycles. The normalized spacial score (nSPS) is 14.7. The predicted octanol–water partition coefficient (Wildman–Crippen LogP) is 5.55. The summed E-state index contributed by atoms with van der Waals surface area (Å²) in [7, 11) is 0. The van der Waals surface area contributed by atoms with Gasteiger partial charge in [0.05, 0.1) is 12.2 Å². The number of hydrogen-bond donors (Lipinski definition) is 0. The molecule has 0 saturated heterocycles. The van der Waals surface area contributed by atoms with E-state index in [1.54, 1.807) is 11.3 Å². The van der Waals surface area contributed by atoms with Crippen molar-refractivity contribution < 1.29 is 9.53 Å². The van der Waals surface area contributed by atoms with Gasteiger partial charge in [-0.25, -0.2) is 4.98 Å². The summed E-state index contributed by atoms with van der Waals surface area (Å²) >= 11 is 7.47. The van der Waals surface area contributed by atoms with Gasteiger partial charge in [-0.05, 0) is 43.0 Å². The number of rotatable bonds is 8. The highest BCUT2D eigenvalue weighted by Gasteiger charge is 2.28. The lowest BCUT2D eigenvalue weighted by atomic mass is 10.1. The van der Waals surface area contributed by atoms with Gasteiger partial charge in [0.1, 0.15) is 17.4 Å². The Labute approximate surface area is 170 Å². The monoisotopic (exact) mass is 406 g/mol. The fraction of sp³-hybridized carbons (Fsp3) is 0.524. The van der Waals surface area contributed by atoms with Crippen molar-refractivity contribution in [2.75, 3.05) is 6.54 Å². The van der Waals surface area contributed by atoms with Gasteiger partial charge in [-0.1, -0.05) is 38.3 Å². The molecule has 1 aromatic carbocycles. The Balaban J connectivity index is 1.59. The number of carbonyl (C=O) groups excluding carboxylic acids is 1.